The summed E-state index contributed by atoms with van der Waals surface area (Å²) in [5.41, 5.74) is 6.40. The van der Waals surface area contributed by atoms with Crippen LogP contribution in [0.1, 0.15) is 32.4 Å². The van der Waals surface area contributed by atoms with Crippen molar-refractivity contribution < 1.29 is 10.2 Å². The summed E-state index contributed by atoms with van der Waals surface area (Å²) >= 11 is 0. The normalized spacial score (nSPS) is 13.9. The van der Waals surface area contributed by atoms with Crippen LogP contribution < -0.4 is 5.73 Å². The minimum atomic E-state index is -0.758. The molecular formula is C14H24N2O2. The first kappa shape index (κ1) is 15.0. The van der Waals surface area contributed by atoms with Crippen LogP contribution in [0, 0.1) is 0 Å². The van der Waals surface area contributed by atoms with Gasteiger partial charge in [-0.05, 0) is 38.1 Å². The van der Waals surface area contributed by atoms with Gasteiger partial charge in [0.15, 0.2) is 0 Å². The fourth-order valence-electron chi connectivity index (χ4n) is 1.97. The van der Waals surface area contributed by atoms with Crippen molar-refractivity contribution >= 4 is 5.69 Å². The average molecular weight is 252 g/mol. The summed E-state index contributed by atoms with van der Waals surface area (Å²) in [6, 6.07) is 7.27. The monoisotopic (exact) mass is 252 g/mol. The molecule has 0 spiro atoms. The predicted octanol–water partition coefficient (Wildman–Crippen LogP) is 1.40. The molecule has 0 saturated heterocycles. The van der Waals surface area contributed by atoms with Gasteiger partial charge in [0.25, 0.3) is 0 Å². The third kappa shape index (κ3) is 5.04. The Labute approximate surface area is 109 Å². The van der Waals surface area contributed by atoms with Gasteiger partial charge in [0.2, 0.25) is 0 Å². The molecular weight excluding hydrogens is 228 g/mol. The van der Waals surface area contributed by atoms with Crippen molar-refractivity contribution in [3.8, 4) is 0 Å². The van der Waals surface area contributed by atoms with E-state index in [4.69, 9.17) is 5.73 Å². The number of benzene rings is 1. The van der Waals surface area contributed by atoms with Crippen LogP contribution in [-0.4, -0.2) is 40.3 Å². The smallest absolute Gasteiger partial charge is 0.0917 e. The Bertz CT molecular complexity index is 374. The Hall–Kier alpha value is -1.10. The van der Waals surface area contributed by atoms with Crippen molar-refractivity contribution in [2.45, 2.75) is 32.5 Å². The van der Waals surface area contributed by atoms with Crippen molar-refractivity contribution in [2.24, 2.45) is 0 Å². The SMILES string of the molecule is CCN(CC(O)c1cccc(N)c1)CC(C)(C)O. The van der Waals surface area contributed by atoms with Gasteiger partial charge in [0.1, 0.15) is 0 Å². The Morgan fingerprint density at radius 3 is 2.56 bits per heavy atom. The minimum Gasteiger partial charge on any atom is -0.399 e. The van der Waals surface area contributed by atoms with Crippen molar-refractivity contribution in [3.05, 3.63) is 29.8 Å². The first-order chi connectivity index (χ1) is 8.31. The summed E-state index contributed by atoms with van der Waals surface area (Å²) in [5.74, 6) is 0. The molecule has 1 aromatic carbocycles. The molecule has 4 N–H and O–H groups in total. The van der Waals surface area contributed by atoms with Crippen LogP contribution in [-0.2, 0) is 0 Å². The van der Waals surface area contributed by atoms with Crippen LogP contribution in [0.25, 0.3) is 0 Å². The van der Waals surface area contributed by atoms with E-state index in [2.05, 4.69) is 0 Å². The predicted molar refractivity (Wildman–Crippen MR) is 74.2 cm³/mol. The molecule has 4 heteroatoms. The van der Waals surface area contributed by atoms with Crippen molar-refractivity contribution in [3.63, 3.8) is 0 Å². The van der Waals surface area contributed by atoms with Crippen LogP contribution in [0.5, 0.6) is 0 Å². The van der Waals surface area contributed by atoms with E-state index in [0.717, 1.165) is 12.1 Å². The van der Waals surface area contributed by atoms with E-state index in [9.17, 15) is 10.2 Å². The zero-order valence-corrected chi connectivity index (χ0v) is 11.4. The molecule has 0 bridgehead atoms. The molecule has 0 amide bonds. The highest BCUT2D eigenvalue weighted by Crippen LogP contribution is 2.18. The van der Waals surface area contributed by atoms with Crippen LogP contribution in [0.4, 0.5) is 5.69 Å². The van der Waals surface area contributed by atoms with Gasteiger partial charge in [-0.25, -0.2) is 0 Å². The lowest BCUT2D eigenvalue weighted by molar-refractivity contribution is 0.0203. The quantitative estimate of drug-likeness (QED) is 0.669. The van der Waals surface area contributed by atoms with Gasteiger partial charge in [-0.3, -0.25) is 4.90 Å². The largest absolute Gasteiger partial charge is 0.399 e. The first-order valence-corrected chi connectivity index (χ1v) is 6.30. The standard InChI is InChI=1S/C14H24N2O2/c1-4-16(10-14(2,3)18)9-13(17)11-6-5-7-12(15)8-11/h5-8,13,17-18H,4,9-10,15H2,1-3H3. The second-order valence-corrected chi connectivity index (χ2v) is 5.33. The Morgan fingerprint density at radius 2 is 2.06 bits per heavy atom. The number of aliphatic hydroxyl groups excluding tert-OH is 1. The van der Waals surface area contributed by atoms with Gasteiger partial charge >= 0.3 is 0 Å². The number of nitrogen functional groups attached to an aromatic ring is 1. The maximum Gasteiger partial charge on any atom is 0.0917 e. The molecule has 1 rings (SSSR count). The van der Waals surface area contributed by atoms with Gasteiger partial charge in [-0.1, -0.05) is 19.1 Å². The van der Waals surface area contributed by atoms with E-state index in [1.54, 1.807) is 26.0 Å². The number of anilines is 1. The molecule has 18 heavy (non-hydrogen) atoms. The van der Waals surface area contributed by atoms with E-state index >= 15 is 0 Å². The fourth-order valence-corrected chi connectivity index (χ4v) is 1.97. The third-order valence-corrected chi connectivity index (χ3v) is 2.78. The molecule has 4 nitrogen and oxygen atoms in total. The number of hydrogen-bond donors (Lipinski definition) is 3. The van der Waals surface area contributed by atoms with Gasteiger partial charge < -0.3 is 15.9 Å². The average Bonchev–Trinajstić information content (AvgIpc) is 2.26. The maximum absolute atomic E-state index is 10.2. The van der Waals surface area contributed by atoms with Crippen LogP contribution in [0.15, 0.2) is 24.3 Å². The summed E-state index contributed by atoms with van der Waals surface area (Å²) < 4.78 is 0. The highest BCUT2D eigenvalue weighted by molar-refractivity contribution is 5.41. The number of nitrogens with two attached hydrogens (primary N) is 1. The molecule has 1 aromatic rings. The Morgan fingerprint density at radius 1 is 1.39 bits per heavy atom. The molecule has 0 aliphatic carbocycles. The second kappa shape index (κ2) is 6.18. The van der Waals surface area contributed by atoms with Crippen LogP contribution >= 0.6 is 0 Å². The van der Waals surface area contributed by atoms with Crippen molar-refractivity contribution in [1.82, 2.24) is 4.90 Å². The van der Waals surface area contributed by atoms with E-state index in [-0.39, 0.29) is 0 Å². The van der Waals surface area contributed by atoms with Gasteiger partial charge in [0.05, 0.1) is 11.7 Å². The number of hydrogen-bond acceptors (Lipinski definition) is 4. The highest BCUT2D eigenvalue weighted by atomic mass is 16.3. The molecule has 0 fully saturated rings. The van der Waals surface area contributed by atoms with E-state index < -0.39 is 11.7 Å². The van der Waals surface area contributed by atoms with Gasteiger partial charge in [-0.15, -0.1) is 0 Å². The maximum atomic E-state index is 10.2. The number of nitrogens with zero attached hydrogens (tertiary/aromatic N) is 1. The Kier molecular flexibility index (Phi) is 5.14. The van der Waals surface area contributed by atoms with E-state index in [0.29, 0.717) is 18.8 Å². The number of rotatable bonds is 6. The first-order valence-electron chi connectivity index (χ1n) is 6.30. The molecule has 0 heterocycles. The fraction of sp³-hybridized carbons (Fsp3) is 0.571. The third-order valence-electron chi connectivity index (χ3n) is 2.78. The lowest BCUT2D eigenvalue weighted by Crippen LogP contribution is -2.40. The molecule has 0 radical (unpaired) electrons. The molecule has 0 saturated carbocycles. The summed E-state index contributed by atoms with van der Waals surface area (Å²) in [6.07, 6.45) is -0.587. The zero-order chi connectivity index (χ0) is 13.8. The van der Waals surface area contributed by atoms with Crippen molar-refractivity contribution in [1.29, 1.82) is 0 Å². The molecule has 102 valence electrons. The summed E-state index contributed by atoms with van der Waals surface area (Å²) in [5, 5.41) is 20.0. The molecule has 0 aliphatic rings. The van der Waals surface area contributed by atoms with Gasteiger partial charge in [0, 0.05) is 18.8 Å². The molecule has 0 aliphatic heterocycles. The van der Waals surface area contributed by atoms with Crippen molar-refractivity contribution in [2.75, 3.05) is 25.4 Å². The summed E-state index contributed by atoms with van der Waals surface area (Å²) in [7, 11) is 0. The number of likely N-dealkylation sites (N-methyl/N-ethyl adjacent to an activating group) is 1. The second-order valence-electron chi connectivity index (χ2n) is 5.33. The Balaban J connectivity index is 2.65. The topological polar surface area (TPSA) is 69.7 Å². The van der Waals surface area contributed by atoms with E-state index in [1.165, 1.54) is 0 Å². The minimum absolute atomic E-state index is 0.490. The summed E-state index contributed by atoms with van der Waals surface area (Å²) in [4.78, 5) is 2.02. The van der Waals surface area contributed by atoms with Gasteiger partial charge in [-0.2, -0.15) is 0 Å². The molecule has 1 atom stereocenters. The van der Waals surface area contributed by atoms with Crippen LogP contribution in [0.2, 0.25) is 0 Å². The van der Waals surface area contributed by atoms with Crippen LogP contribution in [0.3, 0.4) is 0 Å². The summed E-state index contributed by atoms with van der Waals surface area (Å²) in [6.45, 7) is 7.35. The molecule has 0 aromatic heterocycles. The zero-order valence-electron chi connectivity index (χ0n) is 11.4. The van der Waals surface area contributed by atoms with E-state index in [1.807, 2.05) is 24.0 Å². The highest BCUT2D eigenvalue weighted by Gasteiger charge is 2.20. The number of aliphatic hydroxyl groups is 2. The molecule has 1 unspecified atom stereocenters. The lowest BCUT2D eigenvalue weighted by Gasteiger charge is -2.29. The lowest BCUT2D eigenvalue weighted by atomic mass is 10.1.